The summed E-state index contributed by atoms with van der Waals surface area (Å²) in [5.74, 6) is -1.20. The van der Waals surface area contributed by atoms with E-state index in [2.05, 4.69) is 51.9 Å². The van der Waals surface area contributed by atoms with Crippen LogP contribution in [0.3, 0.4) is 0 Å². The Morgan fingerprint density at radius 3 is 2.33 bits per heavy atom. The first-order chi connectivity index (χ1) is 32.0. The van der Waals surface area contributed by atoms with Crippen LogP contribution in [0, 0.1) is 32.0 Å². The van der Waals surface area contributed by atoms with Gasteiger partial charge in [0.05, 0.1) is 51.5 Å². The number of imidazole rings is 1. The summed E-state index contributed by atoms with van der Waals surface area (Å²) in [5.41, 5.74) is 12.1. The van der Waals surface area contributed by atoms with Crippen LogP contribution in [0.5, 0.6) is 0 Å². The van der Waals surface area contributed by atoms with Gasteiger partial charge < -0.3 is 30.5 Å². The second-order valence-electron chi connectivity index (χ2n) is 19.3. The number of unbranched alkanes of at least 4 members (excludes halogenated alkanes) is 4. The fourth-order valence-electron chi connectivity index (χ4n) is 9.33. The third-order valence-electron chi connectivity index (χ3n) is 12.9. The van der Waals surface area contributed by atoms with Gasteiger partial charge in [-0.25, -0.2) is 14.4 Å². The molecule has 67 heavy (non-hydrogen) atoms. The molecule has 12 nitrogen and oxygen atoms in total. The standard InChI is InChI=1S/C53H65FN8O4S/c1-32-24-36(25-33(2)46(32)47-48(61(8)30-57-47)42-21-23-56-43-26-39(54)19-20-41(42)43)28-55-22-13-11-9-10-12-14-45(64)60-50(53(5,6)7)52(66)62-29-40(63)27-44(62)51(65)59-34(3)37-15-17-38(18-16-37)49-35(4)58-31-67-49/h15-21,23-26,30-31,34,40,44,50,55,63H,9-14,22,27-29H2,1-8H3,(H,59,65)(H,60,64)/t34-,40+,44-,50+/m0/s1. The number of aliphatic hydroxyl groups excluding tert-OH is 1. The lowest BCUT2D eigenvalue weighted by atomic mass is 9.85. The fourth-order valence-corrected chi connectivity index (χ4v) is 10.1. The molecule has 3 aromatic carbocycles. The molecule has 4 N–H and O–H groups in total. The van der Waals surface area contributed by atoms with Crippen molar-refractivity contribution in [2.45, 2.75) is 124 Å². The van der Waals surface area contributed by atoms with E-state index in [9.17, 15) is 23.9 Å². The number of carbonyl (C=O) groups is 3. The van der Waals surface area contributed by atoms with E-state index < -0.39 is 23.6 Å². The summed E-state index contributed by atoms with van der Waals surface area (Å²) in [7, 11) is 1.98. The van der Waals surface area contributed by atoms with Crippen molar-refractivity contribution in [2.75, 3.05) is 13.1 Å². The third-order valence-corrected chi connectivity index (χ3v) is 13.9. The van der Waals surface area contributed by atoms with E-state index >= 15 is 0 Å². The van der Waals surface area contributed by atoms with Gasteiger partial charge in [0.2, 0.25) is 17.7 Å². The zero-order chi connectivity index (χ0) is 48.0. The maximum absolute atomic E-state index is 14.1. The van der Waals surface area contributed by atoms with Crippen LogP contribution in [0.1, 0.15) is 107 Å². The van der Waals surface area contributed by atoms with Crippen molar-refractivity contribution in [3.63, 3.8) is 0 Å². The van der Waals surface area contributed by atoms with Gasteiger partial charge in [0.1, 0.15) is 17.9 Å². The van der Waals surface area contributed by atoms with E-state index in [1.807, 2.05) is 88.4 Å². The largest absolute Gasteiger partial charge is 0.391 e. The highest BCUT2D eigenvalue weighted by molar-refractivity contribution is 7.13. The van der Waals surface area contributed by atoms with Gasteiger partial charge in [-0.05, 0) is 98.5 Å². The maximum atomic E-state index is 14.1. The first kappa shape index (κ1) is 49.1. The molecule has 0 aliphatic carbocycles. The lowest BCUT2D eigenvalue weighted by molar-refractivity contribution is -0.144. The van der Waals surface area contributed by atoms with Gasteiger partial charge in [-0.1, -0.05) is 76.4 Å². The van der Waals surface area contributed by atoms with Gasteiger partial charge in [0.25, 0.3) is 0 Å². The molecule has 3 amide bonds. The molecular formula is C53H65FN8O4S. The van der Waals surface area contributed by atoms with E-state index in [1.54, 1.807) is 23.6 Å². The number of aliphatic hydroxyl groups is 1. The number of nitrogens with zero attached hydrogens (tertiary/aromatic N) is 5. The predicted molar refractivity (Wildman–Crippen MR) is 265 cm³/mol. The molecule has 1 saturated heterocycles. The summed E-state index contributed by atoms with van der Waals surface area (Å²) in [5, 5.41) is 21.2. The van der Waals surface area contributed by atoms with Crippen molar-refractivity contribution in [2.24, 2.45) is 12.5 Å². The number of benzene rings is 3. The number of hydrogen-bond donors (Lipinski definition) is 4. The van der Waals surface area contributed by atoms with Crippen LogP contribution in [-0.2, 0) is 28.0 Å². The summed E-state index contributed by atoms with van der Waals surface area (Å²) in [6.45, 7) is 15.5. The number of amides is 3. The van der Waals surface area contributed by atoms with E-state index in [4.69, 9.17) is 4.98 Å². The van der Waals surface area contributed by atoms with Crippen LogP contribution < -0.4 is 16.0 Å². The zero-order valence-corrected chi connectivity index (χ0v) is 40.9. The summed E-state index contributed by atoms with van der Waals surface area (Å²) < 4.78 is 16.0. The zero-order valence-electron chi connectivity index (χ0n) is 40.1. The predicted octanol–water partition coefficient (Wildman–Crippen LogP) is 9.29. The summed E-state index contributed by atoms with van der Waals surface area (Å²) in [4.78, 5) is 57.2. The molecule has 0 spiro atoms. The van der Waals surface area contributed by atoms with Gasteiger partial charge in [0.15, 0.2) is 0 Å². The van der Waals surface area contributed by atoms with Gasteiger partial charge in [-0.3, -0.25) is 19.4 Å². The van der Waals surface area contributed by atoms with E-state index in [-0.39, 0.29) is 42.5 Å². The number of rotatable bonds is 18. The average molecular weight is 929 g/mol. The highest BCUT2D eigenvalue weighted by Crippen LogP contribution is 2.38. The molecule has 0 saturated carbocycles. The first-order valence-corrected chi connectivity index (χ1v) is 24.3. The number of hydrogen-bond acceptors (Lipinski definition) is 9. The molecule has 1 fully saturated rings. The Morgan fingerprint density at radius 1 is 0.910 bits per heavy atom. The number of likely N-dealkylation sites (tertiary alicyclic amines) is 1. The molecule has 7 rings (SSSR count). The van der Waals surface area contributed by atoms with E-state index in [0.717, 1.165) is 99.5 Å². The summed E-state index contributed by atoms with van der Waals surface area (Å²) >= 11 is 1.59. The van der Waals surface area contributed by atoms with E-state index in [1.165, 1.54) is 22.6 Å². The van der Waals surface area contributed by atoms with Crippen LogP contribution in [0.2, 0.25) is 0 Å². The van der Waals surface area contributed by atoms with Crippen LogP contribution in [0.15, 0.2) is 78.7 Å². The maximum Gasteiger partial charge on any atom is 0.246 e. The fraction of sp³-hybridized carbons (Fsp3) is 0.434. The van der Waals surface area contributed by atoms with Crippen LogP contribution in [0.25, 0.3) is 43.9 Å². The highest BCUT2D eigenvalue weighted by Gasteiger charge is 2.44. The molecule has 0 radical (unpaired) electrons. The van der Waals surface area contributed by atoms with Gasteiger partial charge in [-0.15, -0.1) is 11.3 Å². The molecule has 6 aromatic rings. The smallest absolute Gasteiger partial charge is 0.246 e. The van der Waals surface area contributed by atoms with Crippen LogP contribution >= 0.6 is 11.3 Å². The SMILES string of the molecule is Cc1cc(CNCCCCCCCC(=O)N[C@H](C(=O)N2C[C@H](O)C[C@H]2C(=O)N[C@@H](C)c2ccc(-c3scnc3C)cc2)C(C)(C)C)cc(C)c1-c1ncn(C)c1-c1ccnc2cc(F)ccc12. The van der Waals surface area contributed by atoms with Gasteiger partial charge in [-0.2, -0.15) is 0 Å². The average Bonchev–Trinajstić information content (AvgIpc) is 4.01. The lowest BCUT2D eigenvalue weighted by Crippen LogP contribution is -2.57. The Kier molecular flexibility index (Phi) is 15.7. The third kappa shape index (κ3) is 11.7. The van der Waals surface area contributed by atoms with Crippen LogP contribution in [-0.4, -0.2) is 78.5 Å². The Hall–Kier alpha value is -5.83. The lowest BCUT2D eigenvalue weighted by Gasteiger charge is -2.35. The van der Waals surface area contributed by atoms with Crippen molar-refractivity contribution >= 4 is 40.0 Å². The number of β-amino-alcohol motifs (C(OH)–C–C–N with tert-alkyl or cyclic N) is 1. The van der Waals surface area contributed by atoms with Crippen molar-refractivity contribution in [3.8, 4) is 33.0 Å². The van der Waals surface area contributed by atoms with Crippen molar-refractivity contribution in [1.82, 2.24) is 40.4 Å². The number of halogens is 1. The van der Waals surface area contributed by atoms with Gasteiger partial charge >= 0.3 is 0 Å². The molecule has 354 valence electrons. The topological polar surface area (TPSA) is 154 Å². The summed E-state index contributed by atoms with van der Waals surface area (Å²) in [6.07, 6.45) is 7.78. The second-order valence-corrected chi connectivity index (χ2v) is 20.1. The monoisotopic (exact) mass is 928 g/mol. The van der Waals surface area contributed by atoms with Gasteiger partial charge in [0, 0.05) is 61.8 Å². The molecule has 1 aliphatic rings. The molecule has 4 heterocycles. The van der Waals surface area contributed by atoms with Crippen molar-refractivity contribution in [1.29, 1.82) is 0 Å². The second kappa shape index (κ2) is 21.4. The Labute approximate surface area is 397 Å². The quantitative estimate of drug-likeness (QED) is 0.0623. The number of fused-ring (bicyclic) bond motifs is 1. The minimum absolute atomic E-state index is 0.0286. The number of carbonyl (C=O) groups excluding carboxylic acids is 3. The molecule has 0 unspecified atom stereocenters. The molecule has 14 heteroatoms. The Balaban J connectivity index is 0.840. The minimum atomic E-state index is -0.857. The Morgan fingerprint density at radius 2 is 1.63 bits per heavy atom. The minimum Gasteiger partial charge on any atom is -0.391 e. The molecule has 3 aromatic heterocycles. The molecular weight excluding hydrogens is 864 g/mol. The Bertz CT molecular complexity index is 2680. The molecule has 1 aliphatic heterocycles. The van der Waals surface area contributed by atoms with Crippen molar-refractivity contribution in [3.05, 3.63) is 112 Å². The first-order valence-electron chi connectivity index (χ1n) is 23.5. The molecule has 4 atom stereocenters. The number of aromatic nitrogens is 4. The number of nitrogens with one attached hydrogen (secondary N) is 3. The molecule has 0 bridgehead atoms. The normalized spacial score (nSPS) is 16.1. The summed E-state index contributed by atoms with van der Waals surface area (Å²) in [6, 6.07) is 17.1. The van der Waals surface area contributed by atoms with Crippen molar-refractivity contribution < 1.29 is 23.9 Å². The van der Waals surface area contributed by atoms with E-state index in [0.29, 0.717) is 18.4 Å². The van der Waals surface area contributed by atoms with Crippen LogP contribution in [0.4, 0.5) is 4.39 Å². The number of aryl methyl sites for hydroxylation is 4. The number of thiazole rings is 1. The number of pyridine rings is 1. The highest BCUT2D eigenvalue weighted by atomic mass is 32.1.